The molecule has 2 aromatic carbocycles. The van der Waals surface area contributed by atoms with Crippen LogP contribution in [0.5, 0.6) is 0 Å². The topological polar surface area (TPSA) is 118 Å². The molecule has 2 rings (SSSR count). The molecule has 0 heterocycles. The van der Waals surface area contributed by atoms with Crippen LogP contribution in [0.1, 0.15) is 38.2 Å². The zero-order valence-electron chi connectivity index (χ0n) is 16.7. The van der Waals surface area contributed by atoms with Crippen LogP contribution < -0.4 is 10.0 Å². The molecule has 0 saturated heterocycles. The quantitative estimate of drug-likeness (QED) is 0.240. The number of non-ortho nitro benzene ring substituents is 1. The molecule has 0 radical (unpaired) electrons. The molecule has 8 nitrogen and oxygen atoms in total. The van der Waals surface area contributed by atoms with E-state index in [1.54, 1.807) is 6.07 Å². The number of amides is 1. The lowest BCUT2D eigenvalue weighted by molar-refractivity contribution is -0.384. The lowest BCUT2D eigenvalue weighted by atomic mass is 10.2. The number of hydrogen-bond donors (Lipinski definition) is 2. The van der Waals surface area contributed by atoms with Crippen LogP contribution in [0.2, 0.25) is 0 Å². The fourth-order valence-electron chi connectivity index (χ4n) is 2.66. The molecule has 0 bridgehead atoms. The summed E-state index contributed by atoms with van der Waals surface area (Å²) in [5.74, 6) is -0.439. The Bertz CT molecular complexity index is 1000. The second-order valence-electron chi connectivity index (χ2n) is 6.66. The maximum atomic E-state index is 12.3. The van der Waals surface area contributed by atoms with Gasteiger partial charge in [-0.25, -0.2) is 13.1 Å². The van der Waals surface area contributed by atoms with Gasteiger partial charge in [0.1, 0.15) is 0 Å². The van der Waals surface area contributed by atoms with Gasteiger partial charge in [-0.15, -0.1) is 0 Å². The fraction of sp³-hybridized carbons (Fsp3) is 0.286. The number of rotatable bonds is 11. The number of sulfonamides is 1. The van der Waals surface area contributed by atoms with Crippen LogP contribution in [0.25, 0.3) is 6.08 Å². The highest BCUT2D eigenvalue weighted by atomic mass is 32.2. The Labute approximate surface area is 176 Å². The molecule has 0 spiro atoms. The van der Waals surface area contributed by atoms with Gasteiger partial charge < -0.3 is 5.32 Å². The predicted molar refractivity (Wildman–Crippen MR) is 117 cm³/mol. The van der Waals surface area contributed by atoms with Gasteiger partial charge in [0.25, 0.3) is 5.69 Å². The zero-order valence-corrected chi connectivity index (χ0v) is 17.5. The monoisotopic (exact) mass is 431 g/mol. The Balaban J connectivity index is 1.92. The molecule has 0 atom stereocenters. The van der Waals surface area contributed by atoms with Crippen molar-refractivity contribution in [2.45, 2.75) is 37.5 Å². The highest BCUT2D eigenvalue weighted by Crippen LogP contribution is 2.16. The summed E-state index contributed by atoms with van der Waals surface area (Å²) in [6, 6.07) is 11.8. The van der Waals surface area contributed by atoms with Crippen molar-refractivity contribution >= 4 is 33.4 Å². The molecule has 0 aliphatic heterocycles. The summed E-state index contributed by atoms with van der Waals surface area (Å²) >= 11 is 0. The lowest BCUT2D eigenvalue weighted by Crippen LogP contribution is -2.24. The maximum absolute atomic E-state index is 12.3. The molecule has 0 fully saturated rings. The van der Waals surface area contributed by atoms with Crippen molar-refractivity contribution in [3.63, 3.8) is 0 Å². The summed E-state index contributed by atoms with van der Waals surface area (Å²) in [7, 11) is -3.58. The minimum absolute atomic E-state index is 0.0617. The zero-order chi connectivity index (χ0) is 22.0. The van der Waals surface area contributed by atoms with E-state index in [2.05, 4.69) is 17.0 Å². The first-order valence-electron chi connectivity index (χ1n) is 9.65. The minimum atomic E-state index is -3.58. The van der Waals surface area contributed by atoms with E-state index in [1.807, 2.05) is 0 Å². The van der Waals surface area contributed by atoms with Crippen LogP contribution >= 0.6 is 0 Å². The van der Waals surface area contributed by atoms with Gasteiger partial charge in [-0.1, -0.05) is 38.3 Å². The normalized spacial score (nSPS) is 11.5. The van der Waals surface area contributed by atoms with Crippen molar-refractivity contribution in [1.29, 1.82) is 0 Å². The molecule has 9 heteroatoms. The molecule has 2 N–H and O–H groups in total. The number of benzene rings is 2. The molecule has 0 saturated carbocycles. The highest BCUT2D eigenvalue weighted by molar-refractivity contribution is 7.89. The van der Waals surface area contributed by atoms with Gasteiger partial charge in [0.15, 0.2) is 0 Å². The van der Waals surface area contributed by atoms with E-state index in [9.17, 15) is 23.3 Å². The van der Waals surface area contributed by atoms with E-state index < -0.39 is 20.9 Å². The summed E-state index contributed by atoms with van der Waals surface area (Å²) in [6.07, 6.45) is 6.64. The molecule has 0 aromatic heterocycles. The van der Waals surface area contributed by atoms with Crippen molar-refractivity contribution in [3.05, 3.63) is 70.3 Å². The molecule has 2 aromatic rings. The number of nitro benzene ring substituents is 1. The van der Waals surface area contributed by atoms with E-state index in [1.165, 1.54) is 54.6 Å². The highest BCUT2D eigenvalue weighted by Gasteiger charge is 2.13. The fourth-order valence-corrected chi connectivity index (χ4v) is 3.73. The number of unbranched alkanes of at least 4 members (excludes halogenated alkanes) is 3. The summed E-state index contributed by atoms with van der Waals surface area (Å²) in [6.45, 7) is 2.48. The van der Waals surface area contributed by atoms with E-state index in [-0.39, 0.29) is 10.6 Å². The van der Waals surface area contributed by atoms with Gasteiger partial charge in [0.05, 0.1) is 9.82 Å². The molecule has 0 aliphatic rings. The van der Waals surface area contributed by atoms with E-state index in [4.69, 9.17) is 0 Å². The Kier molecular flexibility index (Phi) is 8.70. The van der Waals surface area contributed by atoms with Gasteiger partial charge in [0, 0.05) is 30.4 Å². The number of anilines is 1. The summed E-state index contributed by atoms with van der Waals surface area (Å²) in [5.41, 5.74) is 0.893. The Morgan fingerprint density at radius 3 is 2.50 bits per heavy atom. The Hall–Kier alpha value is -3.04. The van der Waals surface area contributed by atoms with Crippen LogP contribution in [0, 0.1) is 10.1 Å². The second kappa shape index (κ2) is 11.2. The number of carbonyl (C=O) groups excluding carboxylic acids is 1. The average molecular weight is 432 g/mol. The van der Waals surface area contributed by atoms with Gasteiger partial charge in [-0.3, -0.25) is 14.9 Å². The van der Waals surface area contributed by atoms with Crippen LogP contribution in [0.4, 0.5) is 11.4 Å². The van der Waals surface area contributed by atoms with E-state index >= 15 is 0 Å². The van der Waals surface area contributed by atoms with Crippen molar-refractivity contribution in [1.82, 2.24) is 4.72 Å². The minimum Gasteiger partial charge on any atom is -0.323 e. The van der Waals surface area contributed by atoms with Crippen molar-refractivity contribution in [2.75, 3.05) is 11.9 Å². The standard InChI is InChI=1S/C21H25N3O5S/c1-2-3-4-5-15-22-30(28,29)20-12-10-18(11-13-20)23-21(25)14-9-17-7-6-8-19(16-17)24(26)27/h6-14,16,22H,2-5,15H2,1H3,(H,23,25)/b14-9+. The number of nitro groups is 1. The van der Waals surface area contributed by atoms with Gasteiger partial charge in [-0.05, 0) is 42.3 Å². The molecule has 30 heavy (non-hydrogen) atoms. The molecule has 0 unspecified atom stereocenters. The summed E-state index contributed by atoms with van der Waals surface area (Å²) < 4.78 is 27.1. The predicted octanol–water partition coefficient (Wildman–Crippen LogP) is 4.11. The third-order valence-corrected chi connectivity index (χ3v) is 5.74. The van der Waals surface area contributed by atoms with E-state index in [0.29, 0.717) is 17.8 Å². The molecule has 160 valence electrons. The SMILES string of the molecule is CCCCCCNS(=O)(=O)c1ccc(NC(=O)/C=C/c2cccc([N+](=O)[O-])c2)cc1. The van der Waals surface area contributed by atoms with Crippen LogP contribution in [-0.2, 0) is 14.8 Å². The third-order valence-electron chi connectivity index (χ3n) is 4.26. The largest absolute Gasteiger partial charge is 0.323 e. The first-order chi connectivity index (χ1) is 14.3. The van der Waals surface area contributed by atoms with Crippen molar-refractivity contribution in [3.8, 4) is 0 Å². The third kappa shape index (κ3) is 7.41. The van der Waals surface area contributed by atoms with Crippen LogP contribution in [0.3, 0.4) is 0 Å². The van der Waals surface area contributed by atoms with Gasteiger partial charge >= 0.3 is 0 Å². The number of nitrogens with zero attached hydrogens (tertiary/aromatic N) is 1. The lowest BCUT2D eigenvalue weighted by Gasteiger charge is -2.08. The number of hydrogen-bond acceptors (Lipinski definition) is 5. The number of carbonyl (C=O) groups is 1. The smallest absolute Gasteiger partial charge is 0.270 e. The van der Waals surface area contributed by atoms with Crippen LogP contribution in [-0.4, -0.2) is 25.8 Å². The summed E-state index contributed by atoms with van der Waals surface area (Å²) in [5, 5.41) is 13.4. The van der Waals surface area contributed by atoms with Crippen molar-refractivity contribution in [2.24, 2.45) is 0 Å². The Morgan fingerprint density at radius 1 is 1.10 bits per heavy atom. The maximum Gasteiger partial charge on any atom is 0.270 e. The average Bonchev–Trinajstić information content (AvgIpc) is 2.72. The molecular formula is C21H25N3O5S. The molecular weight excluding hydrogens is 406 g/mol. The van der Waals surface area contributed by atoms with Crippen LogP contribution in [0.15, 0.2) is 59.5 Å². The van der Waals surface area contributed by atoms with Gasteiger partial charge in [0.2, 0.25) is 15.9 Å². The van der Waals surface area contributed by atoms with E-state index in [0.717, 1.165) is 25.7 Å². The Morgan fingerprint density at radius 2 is 1.83 bits per heavy atom. The second-order valence-corrected chi connectivity index (χ2v) is 8.42. The molecule has 0 aliphatic carbocycles. The molecule has 1 amide bonds. The first-order valence-corrected chi connectivity index (χ1v) is 11.1. The van der Waals surface area contributed by atoms with Crippen molar-refractivity contribution < 1.29 is 18.1 Å². The number of nitrogens with one attached hydrogen (secondary N) is 2. The summed E-state index contributed by atoms with van der Waals surface area (Å²) in [4.78, 5) is 22.5. The van der Waals surface area contributed by atoms with Gasteiger partial charge in [-0.2, -0.15) is 0 Å². The first kappa shape index (κ1) is 23.2.